The number of ether oxygens (including phenoxy) is 2. The van der Waals surface area contributed by atoms with Crippen LogP contribution in [0.25, 0.3) is 0 Å². The molecular weight excluding hydrogens is 236 g/mol. The van der Waals surface area contributed by atoms with Gasteiger partial charge >= 0.3 is 0 Å². The van der Waals surface area contributed by atoms with Gasteiger partial charge < -0.3 is 19.8 Å². The summed E-state index contributed by atoms with van der Waals surface area (Å²) < 4.78 is 10.5. The van der Waals surface area contributed by atoms with E-state index in [-0.39, 0.29) is 0 Å². The Morgan fingerprint density at radius 1 is 1.67 bits per heavy atom. The van der Waals surface area contributed by atoms with Crippen LogP contribution in [0, 0.1) is 11.3 Å². The highest BCUT2D eigenvalue weighted by atomic mass is 16.5. The Morgan fingerprint density at radius 2 is 2.50 bits per heavy atom. The van der Waals surface area contributed by atoms with E-state index in [4.69, 9.17) is 20.6 Å². The highest BCUT2D eigenvalue weighted by Crippen LogP contribution is 2.32. The monoisotopic (exact) mass is 250 g/mol. The molecule has 1 saturated heterocycles. The van der Waals surface area contributed by atoms with Gasteiger partial charge in [-0.2, -0.15) is 5.26 Å². The number of methoxy groups -OCH3 is 1. The Morgan fingerprint density at radius 3 is 3.17 bits per heavy atom. The molecule has 18 heavy (non-hydrogen) atoms. The third kappa shape index (κ3) is 2.27. The summed E-state index contributed by atoms with van der Waals surface area (Å²) >= 11 is 0. The average molecular weight is 250 g/mol. The number of nitrogens with zero attached hydrogens (tertiary/aromatic N) is 4. The summed E-state index contributed by atoms with van der Waals surface area (Å²) in [5, 5.41) is 8.88. The molecular formula is C10H14N6O2. The quantitative estimate of drug-likeness (QED) is 0.545. The molecule has 2 rings (SSSR count). The Kier molecular flexibility index (Phi) is 3.76. The minimum atomic E-state index is -0.465. The van der Waals surface area contributed by atoms with Crippen molar-refractivity contribution in [3.8, 4) is 11.8 Å². The Bertz CT molecular complexity index is 460. The number of nitrogens with two attached hydrogens (primary N) is 1. The molecule has 1 fully saturated rings. The molecule has 0 spiro atoms. The van der Waals surface area contributed by atoms with Crippen LogP contribution in [-0.2, 0) is 4.74 Å². The van der Waals surface area contributed by atoms with Crippen molar-refractivity contribution in [2.24, 2.45) is 5.84 Å². The summed E-state index contributed by atoms with van der Waals surface area (Å²) in [6.07, 6.45) is 0.928. The molecule has 3 N–H and O–H groups in total. The van der Waals surface area contributed by atoms with Gasteiger partial charge in [0.25, 0.3) is 0 Å². The SMILES string of the molecule is COc1c(NN)ncnc1N1CCOC(C#N)C1. The van der Waals surface area contributed by atoms with Crippen LogP contribution in [0.3, 0.4) is 0 Å². The molecule has 2 heterocycles. The largest absolute Gasteiger partial charge is 0.490 e. The van der Waals surface area contributed by atoms with Gasteiger partial charge in [-0.1, -0.05) is 0 Å². The first kappa shape index (κ1) is 12.3. The lowest BCUT2D eigenvalue weighted by molar-refractivity contribution is 0.0759. The van der Waals surface area contributed by atoms with Gasteiger partial charge in [-0.25, -0.2) is 15.8 Å². The van der Waals surface area contributed by atoms with Crippen LogP contribution in [-0.4, -0.2) is 42.9 Å². The fourth-order valence-corrected chi connectivity index (χ4v) is 1.80. The molecule has 1 aromatic heterocycles. The minimum Gasteiger partial charge on any atom is -0.490 e. The van der Waals surface area contributed by atoms with Crippen LogP contribution in [0.2, 0.25) is 0 Å². The standard InChI is InChI=1S/C10H14N6O2/c1-17-8-9(15-12)13-6-14-10(8)16-2-3-18-7(4-11)5-16/h6-7H,2-3,5,12H2,1H3,(H,13,14,15). The second-order valence-corrected chi connectivity index (χ2v) is 3.66. The van der Waals surface area contributed by atoms with E-state index in [0.29, 0.717) is 37.1 Å². The summed E-state index contributed by atoms with van der Waals surface area (Å²) in [6, 6.07) is 2.08. The van der Waals surface area contributed by atoms with E-state index in [2.05, 4.69) is 21.5 Å². The maximum Gasteiger partial charge on any atom is 0.205 e. The summed E-state index contributed by atoms with van der Waals surface area (Å²) in [7, 11) is 1.52. The molecule has 1 aliphatic rings. The fraction of sp³-hybridized carbons (Fsp3) is 0.500. The molecule has 1 aliphatic heterocycles. The van der Waals surface area contributed by atoms with Crippen molar-refractivity contribution in [3.05, 3.63) is 6.33 Å². The number of hydrazine groups is 1. The van der Waals surface area contributed by atoms with E-state index in [0.717, 1.165) is 0 Å². The number of nitrogens with one attached hydrogen (secondary N) is 1. The van der Waals surface area contributed by atoms with Crippen LogP contribution in [0.5, 0.6) is 5.75 Å². The van der Waals surface area contributed by atoms with Crippen molar-refractivity contribution in [2.75, 3.05) is 37.1 Å². The summed E-state index contributed by atoms with van der Waals surface area (Å²) in [5.41, 5.74) is 2.45. The number of nitriles is 1. The molecule has 1 aromatic rings. The van der Waals surface area contributed by atoms with Gasteiger partial charge in [0.05, 0.1) is 26.3 Å². The van der Waals surface area contributed by atoms with E-state index in [1.165, 1.54) is 13.4 Å². The lowest BCUT2D eigenvalue weighted by Gasteiger charge is -2.31. The predicted molar refractivity (Wildman–Crippen MR) is 64.0 cm³/mol. The summed E-state index contributed by atoms with van der Waals surface area (Å²) in [6.45, 7) is 1.54. The first-order chi connectivity index (χ1) is 8.80. The lowest BCUT2D eigenvalue weighted by Crippen LogP contribution is -2.42. The number of aromatic nitrogens is 2. The van der Waals surface area contributed by atoms with Crippen molar-refractivity contribution in [1.29, 1.82) is 5.26 Å². The third-order valence-electron chi connectivity index (χ3n) is 2.64. The van der Waals surface area contributed by atoms with Crippen molar-refractivity contribution < 1.29 is 9.47 Å². The van der Waals surface area contributed by atoms with Gasteiger partial charge in [-0.3, -0.25) is 0 Å². The molecule has 96 valence electrons. The first-order valence-corrected chi connectivity index (χ1v) is 5.42. The Hall–Kier alpha value is -2.11. The van der Waals surface area contributed by atoms with Crippen molar-refractivity contribution in [1.82, 2.24) is 9.97 Å². The first-order valence-electron chi connectivity index (χ1n) is 5.42. The number of rotatable bonds is 3. The number of hydrogen-bond acceptors (Lipinski definition) is 8. The zero-order valence-electron chi connectivity index (χ0n) is 9.96. The molecule has 8 heteroatoms. The molecule has 0 bridgehead atoms. The second-order valence-electron chi connectivity index (χ2n) is 3.66. The lowest BCUT2D eigenvalue weighted by atomic mass is 10.3. The van der Waals surface area contributed by atoms with Crippen LogP contribution in [0.15, 0.2) is 6.33 Å². The van der Waals surface area contributed by atoms with E-state index >= 15 is 0 Å². The van der Waals surface area contributed by atoms with E-state index in [9.17, 15) is 0 Å². The van der Waals surface area contributed by atoms with Gasteiger partial charge in [-0.15, -0.1) is 0 Å². The molecule has 1 unspecified atom stereocenters. The van der Waals surface area contributed by atoms with Crippen LogP contribution in [0.4, 0.5) is 11.6 Å². The van der Waals surface area contributed by atoms with Crippen molar-refractivity contribution >= 4 is 11.6 Å². The van der Waals surface area contributed by atoms with Gasteiger partial charge in [0.15, 0.2) is 17.7 Å². The topological polar surface area (TPSA) is 109 Å². The zero-order valence-corrected chi connectivity index (χ0v) is 9.96. The maximum atomic E-state index is 8.88. The van der Waals surface area contributed by atoms with E-state index in [1.54, 1.807) is 0 Å². The average Bonchev–Trinajstić information content (AvgIpc) is 2.46. The molecule has 0 saturated carbocycles. The second kappa shape index (κ2) is 5.48. The van der Waals surface area contributed by atoms with Gasteiger partial charge in [-0.05, 0) is 0 Å². The molecule has 8 nitrogen and oxygen atoms in total. The van der Waals surface area contributed by atoms with Gasteiger partial charge in [0, 0.05) is 6.54 Å². The molecule has 0 aliphatic carbocycles. The number of anilines is 2. The number of morpholine rings is 1. The van der Waals surface area contributed by atoms with E-state index in [1.807, 2.05) is 4.90 Å². The third-order valence-corrected chi connectivity index (χ3v) is 2.64. The van der Waals surface area contributed by atoms with Gasteiger partial charge in [0.1, 0.15) is 6.33 Å². The van der Waals surface area contributed by atoms with Crippen LogP contribution >= 0.6 is 0 Å². The van der Waals surface area contributed by atoms with Crippen molar-refractivity contribution in [3.63, 3.8) is 0 Å². The Labute approximate surface area is 104 Å². The van der Waals surface area contributed by atoms with Crippen LogP contribution < -0.4 is 20.9 Å². The normalized spacial score (nSPS) is 19.2. The molecule has 0 amide bonds. The predicted octanol–water partition coefficient (Wildman–Crippen LogP) is -0.500. The summed E-state index contributed by atoms with van der Waals surface area (Å²) in [5.74, 6) is 6.83. The highest BCUT2D eigenvalue weighted by Gasteiger charge is 2.25. The minimum absolute atomic E-state index is 0.405. The van der Waals surface area contributed by atoms with Crippen molar-refractivity contribution in [2.45, 2.75) is 6.10 Å². The van der Waals surface area contributed by atoms with Gasteiger partial charge in [0.2, 0.25) is 5.75 Å². The van der Waals surface area contributed by atoms with E-state index < -0.39 is 6.10 Å². The van der Waals surface area contributed by atoms with Crippen LogP contribution in [0.1, 0.15) is 0 Å². The number of nitrogen functional groups attached to an aromatic ring is 1. The molecule has 1 atom stereocenters. The highest BCUT2D eigenvalue weighted by molar-refractivity contribution is 5.64. The zero-order chi connectivity index (χ0) is 13.0. The maximum absolute atomic E-state index is 8.88. The molecule has 0 aromatic carbocycles. The number of hydrogen-bond donors (Lipinski definition) is 2. The smallest absolute Gasteiger partial charge is 0.205 e. The Balaban J connectivity index is 2.30. The summed E-state index contributed by atoms with van der Waals surface area (Å²) in [4.78, 5) is 10.1. The fourth-order valence-electron chi connectivity index (χ4n) is 1.80. The molecule has 0 radical (unpaired) electrons.